The van der Waals surface area contributed by atoms with Crippen molar-refractivity contribution in [3.63, 3.8) is 0 Å². The quantitative estimate of drug-likeness (QED) is 0.507. The molecular formula is C16H23N4O4+. The van der Waals surface area contributed by atoms with Gasteiger partial charge in [0.05, 0.1) is 40.0 Å². The molecule has 1 saturated heterocycles. The van der Waals surface area contributed by atoms with Gasteiger partial charge < -0.3 is 19.7 Å². The molecule has 24 heavy (non-hydrogen) atoms. The maximum Gasteiger partial charge on any atom is 0.329 e. The smallest absolute Gasteiger partial charge is 0.329 e. The molecule has 0 atom stereocenters. The van der Waals surface area contributed by atoms with Crippen LogP contribution < -0.4 is 25.1 Å². The molecule has 0 unspecified atom stereocenters. The number of nitrogens with zero attached hydrogens (tertiary/aromatic N) is 1. The predicted molar refractivity (Wildman–Crippen MR) is 89.6 cm³/mol. The average molecular weight is 335 g/mol. The minimum Gasteiger partial charge on any atom is -0.497 e. The van der Waals surface area contributed by atoms with Crippen LogP contribution in [0.2, 0.25) is 0 Å². The summed E-state index contributed by atoms with van der Waals surface area (Å²) in [5, 5.41) is 6.54. The van der Waals surface area contributed by atoms with Crippen LogP contribution in [-0.2, 0) is 9.59 Å². The average Bonchev–Trinajstić information content (AvgIpc) is 2.60. The van der Waals surface area contributed by atoms with E-state index in [1.807, 2.05) is 0 Å². The molecule has 130 valence electrons. The Hall–Kier alpha value is -2.61. The number of ether oxygens (including phenoxy) is 2. The molecule has 1 aromatic carbocycles. The first-order chi connectivity index (χ1) is 11.5. The van der Waals surface area contributed by atoms with Crippen molar-refractivity contribution in [3.05, 3.63) is 18.2 Å². The third-order valence-electron chi connectivity index (χ3n) is 3.86. The number of hydrogen-bond acceptors (Lipinski definition) is 5. The van der Waals surface area contributed by atoms with E-state index in [2.05, 4.69) is 22.9 Å². The Morgan fingerprint density at radius 3 is 2.46 bits per heavy atom. The van der Waals surface area contributed by atoms with Crippen molar-refractivity contribution in [2.75, 3.05) is 39.7 Å². The first-order valence-electron chi connectivity index (χ1n) is 7.73. The van der Waals surface area contributed by atoms with E-state index in [4.69, 9.17) is 9.47 Å². The normalized spacial score (nSPS) is 17.0. The van der Waals surface area contributed by atoms with E-state index >= 15 is 0 Å². The van der Waals surface area contributed by atoms with Gasteiger partial charge in [-0.3, -0.25) is 9.59 Å². The molecule has 0 saturated carbocycles. The number of benzene rings is 1. The molecule has 0 aliphatic carbocycles. The van der Waals surface area contributed by atoms with Crippen LogP contribution in [0.3, 0.4) is 0 Å². The fourth-order valence-corrected chi connectivity index (χ4v) is 2.35. The van der Waals surface area contributed by atoms with Gasteiger partial charge in [-0.2, -0.15) is 5.10 Å². The van der Waals surface area contributed by atoms with Crippen molar-refractivity contribution < 1.29 is 24.0 Å². The molecule has 1 aliphatic rings. The van der Waals surface area contributed by atoms with Crippen molar-refractivity contribution >= 4 is 23.2 Å². The van der Waals surface area contributed by atoms with Crippen LogP contribution in [0, 0.1) is 0 Å². The molecule has 3 N–H and O–H groups in total. The standard InChI is InChI=1S/C16H22N4O4/c1-20-8-6-11(7-9-20)18-19-16(22)15(21)17-13-10-12(23-2)4-5-14(13)24-3/h4-5,10H,6-9H2,1-3H3,(H,17,21)(H,19,22)/p+1. The van der Waals surface area contributed by atoms with Gasteiger partial charge in [-0.1, -0.05) is 0 Å². The SMILES string of the molecule is COc1ccc(OC)c(NC(=O)C(=O)NN=C2CC[NH+](C)CC2)c1. The summed E-state index contributed by atoms with van der Waals surface area (Å²) in [4.78, 5) is 25.3. The van der Waals surface area contributed by atoms with E-state index in [-0.39, 0.29) is 0 Å². The van der Waals surface area contributed by atoms with E-state index < -0.39 is 11.8 Å². The number of methoxy groups -OCH3 is 2. The molecule has 2 amide bonds. The number of likely N-dealkylation sites (tertiary alicyclic amines) is 1. The minimum absolute atomic E-state index is 0.354. The van der Waals surface area contributed by atoms with E-state index in [9.17, 15) is 9.59 Å². The lowest BCUT2D eigenvalue weighted by atomic mass is 10.1. The van der Waals surface area contributed by atoms with Crippen molar-refractivity contribution in [3.8, 4) is 11.5 Å². The van der Waals surface area contributed by atoms with Crippen molar-refractivity contribution in [2.24, 2.45) is 5.10 Å². The Labute approximate surface area is 140 Å². The fourth-order valence-electron chi connectivity index (χ4n) is 2.35. The van der Waals surface area contributed by atoms with Crippen LogP contribution in [0.5, 0.6) is 11.5 Å². The Balaban J connectivity index is 1.96. The van der Waals surface area contributed by atoms with Crippen LogP contribution in [0.4, 0.5) is 5.69 Å². The van der Waals surface area contributed by atoms with Crippen molar-refractivity contribution in [1.29, 1.82) is 0 Å². The van der Waals surface area contributed by atoms with Gasteiger partial charge in [-0.25, -0.2) is 5.43 Å². The summed E-state index contributed by atoms with van der Waals surface area (Å²) in [6.45, 7) is 1.95. The second-order valence-electron chi connectivity index (χ2n) is 5.60. The van der Waals surface area contributed by atoms with Gasteiger partial charge in [0.1, 0.15) is 11.5 Å². The zero-order valence-corrected chi connectivity index (χ0v) is 14.1. The highest BCUT2D eigenvalue weighted by Gasteiger charge is 2.18. The van der Waals surface area contributed by atoms with Gasteiger partial charge >= 0.3 is 11.8 Å². The minimum atomic E-state index is -0.821. The summed E-state index contributed by atoms with van der Waals surface area (Å²) >= 11 is 0. The van der Waals surface area contributed by atoms with Crippen LogP contribution in [-0.4, -0.2) is 51.9 Å². The second-order valence-corrected chi connectivity index (χ2v) is 5.60. The highest BCUT2D eigenvalue weighted by molar-refractivity contribution is 6.39. The third-order valence-corrected chi connectivity index (χ3v) is 3.86. The van der Waals surface area contributed by atoms with E-state index in [1.165, 1.54) is 19.1 Å². The third kappa shape index (κ3) is 4.69. The van der Waals surface area contributed by atoms with E-state index in [1.54, 1.807) is 18.2 Å². The number of rotatable bonds is 4. The number of nitrogens with one attached hydrogen (secondary N) is 3. The summed E-state index contributed by atoms with van der Waals surface area (Å²) in [5.74, 6) is -0.662. The summed E-state index contributed by atoms with van der Waals surface area (Å²) in [7, 11) is 5.11. The maximum atomic E-state index is 12.0. The van der Waals surface area contributed by atoms with Crippen molar-refractivity contribution in [2.45, 2.75) is 12.8 Å². The van der Waals surface area contributed by atoms with Crippen LogP contribution in [0.1, 0.15) is 12.8 Å². The lowest BCUT2D eigenvalue weighted by Crippen LogP contribution is -3.10. The Morgan fingerprint density at radius 1 is 1.12 bits per heavy atom. The first kappa shape index (κ1) is 17.7. The summed E-state index contributed by atoms with van der Waals surface area (Å²) in [6, 6.07) is 4.92. The Bertz CT molecular complexity index is 635. The number of piperidine rings is 1. The number of carbonyl (C=O) groups is 2. The number of anilines is 1. The van der Waals surface area contributed by atoms with Crippen LogP contribution >= 0.6 is 0 Å². The van der Waals surface area contributed by atoms with Gasteiger partial charge in [0.2, 0.25) is 0 Å². The summed E-state index contributed by atoms with van der Waals surface area (Å²) in [6.07, 6.45) is 1.63. The number of quaternary nitrogens is 1. The highest BCUT2D eigenvalue weighted by atomic mass is 16.5. The van der Waals surface area contributed by atoms with Gasteiger partial charge in [0, 0.05) is 24.6 Å². The van der Waals surface area contributed by atoms with E-state index in [0.717, 1.165) is 31.6 Å². The number of hydrogen-bond donors (Lipinski definition) is 3. The number of carbonyl (C=O) groups excluding carboxylic acids is 2. The molecule has 0 spiro atoms. The molecule has 8 heteroatoms. The molecule has 1 fully saturated rings. The Kier molecular flexibility index (Phi) is 6.14. The topological polar surface area (TPSA) is 93.5 Å². The van der Waals surface area contributed by atoms with E-state index in [0.29, 0.717) is 17.2 Å². The first-order valence-corrected chi connectivity index (χ1v) is 7.73. The van der Waals surface area contributed by atoms with Gasteiger partial charge in [-0.15, -0.1) is 0 Å². The molecular weight excluding hydrogens is 312 g/mol. The number of amides is 2. The van der Waals surface area contributed by atoms with Gasteiger partial charge in [0.15, 0.2) is 0 Å². The zero-order valence-electron chi connectivity index (χ0n) is 14.1. The van der Waals surface area contributed by atoms with Gasteiger partial charge in [-0.05, 0) is 12.1 Å². The lowest BCUT2D eigenvalue weighted by molar-refractivity contribution is -0.880. The second kappa shape index (κ2) is 8.30. The molecule has 1 aromatic rings. The maximum absolute atomic E-state index is 12.0. The Morgan fingerprint density at radius 2 is 1.83 bits per heavy atom. The van der Waals surface area contributed by atoms with Gasteiger partial charge in [0.25, 0.3) is 0 Å². The largest absolute Gasteiger partial charge is 0.497 e. The molecule has 2 rings (SSSR count). The lowest BCUT2D eigenvalue weighted by Gasteiger charge is -2.20. The summed E-state index contributed by atoms with van der Waals surface area (Å²) < 4.78 is 10.3. The fraction of sp³-hybridized carbons (Fsp3) is 0.438. The van der Waals surface area contributed by atoms with Crippen LogP contribution in [0.15, 0.2) is 23.3 Å². The molecule has 0 aromatic heterocycles. The molecule has 1 heterocycles. The monoisotopic (exact) mass is 335 g/mol. The zero-order chi connectivity index (χ0) is 17.5. The molecule has 0 radical (unpaired) electrons. The highest BCUT2D eigenvalue weighted by Crippen LogP contribution is 2.28. The molecule has 1 aliphatic heterocycles. The molecule has 8 nitrogen and oxygen atoms in total. The van der Waals surface area contributed by atoms with Crippen molar-refractivity contribution in [1.82, 2.24) is 5.43 Å². The number of hydrazone groups is 1. The molecule has 0 bridgehead atoms. The summed E-state index contributed by atoms with van der Waals surface area (Å²) in [5.41, 5.74) is 3.57. The van der Waals surface area contributed by atoms with Crippen LogP contribution in [0.25, 0.3) is 0 Å². The predicted octanol–water partition coefficient (Wildman–Crippen LogP) is -0.577.